The molecule has 0 amide bonds. The maximum absolute atomic E-state index is 5.73. The van der Waals surface area contributed by atoms with Gasteiger partial charge in [-0.15, -0.1) is 24.0 Å². The van der Waals surface area contributed by atoms with Crippen LogP contribution in [0.4, 0.5) is 0 Å². The number of ether oxygens (including phenoxy) is 1. The van der Waals surface area contributed by atoms with Crippen LogP contribution in [-0.4, -0.2) is 59.5 Å². The molecule has 2 aliphatic rings. The Labute approximate surface area is 168 Å². The maximum Gasteiger partial charge on any atom is 0.193 e. The van der Waals surface area contributed by atoms with Crippen LogP contribution in [-0.2, 0) is 11.8 Å². The third kappa shape index (κ3) is 3.54. The molecule has 0 aromatic carbocycles. The fourth-order valence-corrected chi connectivity index (χ4v) is 4.05. The highest BCUT2D eigenvalue weighted by atomic mass is 127. The Morgan fingerprint density at radius 2 is 2.12 bits per heavy atom. The Morgan fingerprint density at radius 1 is 1.40 bits per heavy atom. The molecule has 142 valence electrons. The third-order valence-electron chi connectivity index (χ3n) is 6.48. The zero-order valence-electron chi connectivity index (χ0n) is 16.2. The van der Waals surface area contributed by atoms with Crippen molar-refractivity contribution in [3.63, 3.8) is 0 Å². The average Bonchev–Trinajstić information content (AvgIpc) is 3.19. The molecule has 3 unspecified atom stereocenters. The van der Waals surface area contributed by atoms with Crippen LogP contribution >= 0.6 is 24.0 Å². The summed E-state index contributed by atoms with van der Waals surface area (Å²) >= 11 is 0. The van der Waals surface area contributed by atoms with Crippen LogP contribution in [0, 0.1) is 5.41 Å². The molecule has 3 rings (SSSR count). The lowest BCUT2D eigenvalue weighted by Crippen LogP contribution is -2.69. The molecule has 1 N–H and O–H groups in total. The van der Waals surface area contributed by atoms with Crippen molar-refractivity contribution in [1.29, 1.82) is 0 Å². The second kappa shape index (κ2) is 7.42. The summed E-state index contributed by atoms with van der Waals surface area (Å²) in [6, 6.07) is 0.388. The number of hydrogen-bond acceptors (Lipinski definition) is 3. The summed E-state index contributed by atoms with van der Waals surface area (Å²) in [5.74, 6) is 1.55. The second-order valence-corrected chi connectivity index (χ2v) is 7.98. The van der Waals surface area contributed by atoms with Gasteiger partial charge in [0.25, 0.3) is 0 Å². The van der Waals surface area contributed by atoms with E-state index in [1.807, 2.05) is 32.1 Å². The van der Waals surface area contributed by atoms with E-state index in [1.165, 1.54) is 5.56 Å². The molecule has 6 nitrogen and oxygen atoms in total. The average molecular weight is 461 g/mol. The molecule has 0 radical (unpaired) electrons. The molecule has 1 aromatic heterocycles. The molecular weight excluding hydrogens is 429 g/mol. The minimum Gasteiger partial charge on any atom is -0.378 e. The first-order valence-electron chi connectivity index (χ1n) is 8.82. The third-order valence-corrected chi connectivity index (χ3v) is 6.48. The quantitative estimate of drug-likeness (QED) is 0.427. The molecule has 1 saturated heterocycles. The lowest BCUT2D eigenvalue weighted by atomic mass is 9.56. The van der Waals surface area contributed by atoms with Gasteiger partial charge >= 0.3 is 0 Å². The molecule has 2 heterocycles. The number of hydrogen-bond donors (Lipinski definition) is 1. The SMILES string of the molecule is CN=C(NC1CC(C)(OC)C1(C)C)N1CCC(c2cnn(C)c2)C1.I. The molecule has 1 saturated carbocycles. The van der Waals surface area contributed by atoms with E-state index in [4.69, 9.17) is 4.74 Å². The molecule has 1 aliphatic heterocycles. The number of nitrogens with one attached hydrogen (secondary N) is 1. The topological polar surface area (TPSA) is 54.7 Å². The van der Waals surface area contributed by atoms with Gasteiger partial charge in [-0.1, -0.05) is 13.8 Å². The summed E-state index contributed by atoms with van der Waals surface area (Å²) in [7, 11) is 5.66. The van der Waals surface area contributed by atoms with Crippen LogP contribution in [0.25, 0.3) is 0 Å². The van der Waals surface area contributed by atoms with Crippen molar-refractivity contribution in [3.8, 4) is 0 Å². The summed E-state index contributed by atoms with van der Waals surface area (Å²) in [5, 5.41) is 7.98. The molecule has 3 atom stereocenters. The number of aryl methyl sites for hydroxylation is 1. The Balaban J connectivity index is 0.00000225. The molecule has 1 aliphatic carbocycles. The number of aliphatic imine (C=N–C) groups is 1. The molecule has 25 heavy (non-hydrogen) atoms. The molecular formula is C18H32IN5O. The zero-order chi connectivity index (χ0) is 17.5. The van der Waals surface area contributed by atoms with Crippen molar-refractivity contribution in [3.05, 3.63) is 18.0 Å². The van der Waals surface area contributed by atoms with Crippen LogP contribution < -0.4 is 5.32 Å². The van der Waals surface area contributed by atoms with Gasteiger partial charge in [0.15, 0.2) is 5.96 Å². The van der Waals surface area contributed by atoms with Crippen LogP contribution in [0.3, 0.4) is 0 Å². The number of methoxy groups -OCH3 is 1. The van der Waals surface area contributed by atoms with Gasteiger partial charge in [0.2, 0.25) is 0 Å². The monoisotopic (exact) mass is 461 g/mol. The van der Waals surface area contributed by atoms with Crippen LogP contribution in [0.2, 0.25) is 0 Å². The van der Waals surface area contributed by atoms with Gasteiger partial charge in [-0.3, -0.25) is 9.67 Å². The Hall–Kier alpha value is -0.830. The van der Waals surface area contributed by atoms with Crippen molar-refractivity contribution in [2.45, 2.75) is 51.2 Å². The fourth-order valence-electron chi connectivity index (χ4n) is 4.05. The smallest absolute Gasteiger partial charge is 0.193 e. The molecule has 0 bridgehead atoms. The second-order valence-electron chi connectivity index (χ2n) is 7.98. The fraction of sp³-hybridized carbons (Fsp3) is 0.778. The van der Waals surface area contributed by atoms with Crippen molar-refractivity contribution >= 4 is 29.9 Å². The summed E-state index contributed by atoms with van der Waals surface area (Å²) in [5.41, 5.74) is 1.35. The minimum atomic E-state index is -0.0627. The van der Waals surface area contributed by atoms with Gasteiger partial charge < -0.3 is 15.0 Å². The summed E-state index contributed by atoms with van der Waals surface area (Å²) in [4.78, 5) is 6.91. The number of rotatable bonds is 3. The van der Waals surface area contributed by atoms with E-state index < -0.39 is 0 Å². The van der Waals surface area contributed by atoms with E-state index in [1.54, 1.807) is 0 Å². The van der Waals surface area contributed by atoms with Crippen LogP contribution in [0.15, 0.2) is 17.4 Å². The highest BCUT2D eigenvalue weighted by molar-refractivity contribution is 14.0. The largest absolute Gasteiger partial charge is 0.378 e. The van der Waals surface area contributed by atoms with Gasteiger partial charge in [-0.2, -0.15) is 5.10 Å². The first-order valence-corrected chi connectivity index (χ1v) is 8.82. The van der Waals surface area contributed by atoms with Gasteiger partial charge in [-0.05, 0) is 25.3 Å². The first-order chi connectivity index (χ1) is 11.3. The lowest BCUT2D eigenvalue weighted by Gasteiger charge is -2.59. The van der Waals surface area contributed by atoms with E-state index in [0.717, 1.165) is 31.9 Å². The first kappa shape index (κ1) is 20.5. The summed E-state index contributed by atoms with van der Waals surface area (Å²) in [6.45, 7) is 8.77. The van der Waals surface area contributed by atoms with Crippen molar-refractivity contribution in [2.24, 2.45) is 17.5 Å². The van der Waals surface area contributed by atoms with Crippen molar-refractivity contribution in [2.75, 3.05) is 27.2 Å². The predicted octanol–water partition coefficient (Wildman–Crippen LogP) is 2.61. The lowest BCUT2D eigenvalue weighted by molar-refractivity contribution is -0.176. The Kier molecular flexibility index (Phi) is 6.08. The van der Waals surface area contributed by atoms with E-state index in [2.05, 4.69) is 47.3 Å². The highest BCUT2D eigenvalue weighted by Crippen LogP contribution is 2.51. The Bertz CT molecular complexity index is 629. The van der Waals surface area contributed by atoms with Gasteiger partial charge in [0, 0.05) is 57.9 Å². The zero-order valence-corrected chi connectivity index (χ0v) is 18.6. The molecule has 0 spiro atoms. The van der Waals surface area contributed by atoms with Gasteiger partial charge in [0.05, 0.1) is 11.8 Å². The Morgan fingerprint density at radius 3 is 2.64 bits per heavy atom. The maximum atomic E-state index is 5.73. The molecule has 7 heteroatoms. The number of nitrogens with zero attached hydrogens (tertiary/aromatic N) is 4. The van der Waals surface area contributed by atoms with E-state index >= 15 is 0 Å². The number of likely N-dealkylation sites (tertiary alicyclic amines) is 1. The number of aromatic nitrogens is 2. The highest BCUT2D eigenvalue weighted by Gasteiger charge is 2.58. The summed E-state index contributed by atoms with van der Waals surface area (Å²) < 4.78 is 7.62. The normalized spacial score (nSPS) is 31.4. The van der Waals surface area contributed by atoms with E-state index in [0.29, 0.717) is 12.0 Å². The van der Waals surface area contributed by atoms with Crippen LogP contribution in [0.5, 0.6) is 0 Å². The number of guanidine groups is 1. The number of halogens is 1. The molecule has 2 fully saturated rings. The molecule has 1 aromatic rings. The predicted molar refractivity (Wildman–Crippen MR) is 112 cm³/mol. The van der Waals surface area contributed by atoms with E-state index in [9.17, 15) is 0 Å². The van der Waals surface area contributed by atoms with Gasteiger partial charge in [0.1, 0.15) is 0 Å². The van der Waals surface area contributed by atoms with Crippen LogP contribution in [0.1, 0.15) is 45.1 Å². The standard InChI is InChI=1S/C18H31N5O.HI/c1-17(2)15(9-18(17,3)24-6)21-16(19-4)23-8-7-13(12-23)14-10-20-22(5)11-14;/h10-11,13,15H,7-9,12H2,1-6H3,(H,19,21);1H. The van der Waals surface area contributed by atoms with Crippen molar-refractivity contribution in [1.82, 2.24) is 20.0 Å². The van der Waals surface area contributed by atoms with Crippen molar-refractivity contribution < 1.29 is 4.74 Å². The minimum absolute atomic E-state index is 0. The van der Waals surface area contributed by atoms with E-state index in [-0.39, 0.29) is 35.0 Å². The summed E-state index contributed by atoms with van der Waals surface area (Å²) in [6.07, 6.45) is 6.28. The van der Waals surface area contributed by atoms with Gasteiger partial charge in [-0.25, -0.2) is 0 Å².